The van der Waals surface area contributed by atoms with Crippen LogP contribution in [0.5, 0.6) is 5.75 Å². The van der Waals surface area contributed by atoms with Gasteiger partial charge < -0.3 is 10.0 Å². The first kappa shape index (κ1) is 17.0. The molecule has 1 aromatic carbocycles. The zero-order chi connectivity index (χ0) is 16.1. The van der Waals surface area contributed by atoms with Crippen LogP contribution in [-0.4, -0.2) is 22.5 Å². The van der Waals surface area contributed by atoms with Crippen LogP contribution in [0.25, 0.3) is 5.70 Å². The summed E-state index contributed by atoms with van der Waals surface area (Å²) in [6, 6.07) is 9.49. The van der Waals surface area contributed by atoms with Gasteiger partial charge in [0.1, 0.15) is 5.75 Å². The summed E-state index contributed by atoms with van der Waals surface area (Å²) in [6.07, 6.45) is 3.92. The van der Waals surface area contributed by atoms with E-state index in [1.165, 1.54) is 0 Å². The summed E-state index contributed by atoms with van der Waals surface area (Å²) in [5, 5.41) is 9.59. The van der Waals surface area contributed by atoms with Crippen molar-refractivity contribution in [2.45, 2.75) is 12.8 Å². The van der Waals surface area contributed by atoms with Crippen LogP contribution in [-0.2, 0) is 6.42 Å². The maximum absolute atomic E-state index is 9.59. The number of nitrogens with zero attached hydrogens (tertiary/aromatic N) is 2. The highest BCUT2D eigenvalue weighted by molar-refractivity contribution is 9.10. The molecule has 0 bridgehead atoms. The monoisotopic (exact) mass is 424 g/mol. The molecule has 0 spiro atoms. The summed E-state index contributed by atoms with van der Waals surface area (Å²) in [5.74, 6) is 2.05. The van der Waals surface area contributed by atoms with E-state index < -0.39 is 0 Å². The molecule has 0 radical (unpaired) electrons. The lowest BCUT2D eigenvalue weighted by Gasteiger charge is -2.32. The number of aromatic nitrogens is 1. The van der Waals surface area contributed by atoms with Crippen molar-refractivity contribution in [1.82, 2.24) is 4.98 Å². The van der Waals surface area contributed by atoms with Gasteiger partial charge in [-0.3, -0.25) is 4.98 Å². The first-order chi connectivity index (χ1) is 10.7. The van der Waals surface area contributed by atoms with Gasteiger partial charge in [0.05, 0.1) is 15.9 Å². The van der Waals surface area contributed by atoms with Crippen LogP contribution >= 0.6 is 31.9 Å². The molecule has 1 aromatic heterocycles. The molecule has 5 heteroatoms. The Morgan fingerprint density at radius 1 is 1.32 bits per heavy atom. The van der Waals surface area contributed by atoms with Crippen molar-refractivity contribution in [1.29, 1.82) is 0 Å². The molecule has 1 aliphatic rings. The smallest absolute Gasteiger partial charge is 0.129 e. The second-order valence-electron chi connectivity index (χ2n) is 4.84. The van der Waals surface area contributed by atoms with E-state index >= 15 is 0 Å². The van der Waals surface area contributed by atoms with Gasteiger partial charge >= 0.3 is 0 Å². The van der Waals surface area contributed by atoms with Gasteiger partial charge in [-0.1, -0.05) is 22.5 Å². The maximum Gasteiger partial charge on any atom is 0.129 e. The van der Waals surface area contributed by atoms with E-state index in [1.807, 2.05) is 30.2 Å². The van der Waals surface area contributed by atoms with Crippen LogP contribution in [0.3, 0.4) is 0 Å². The Bertz CT molecular complexity index is 673. The van der Waals surface area contributed by atoms with Crippen LogP contribution in [0.15, 0.2) is 47.6 Å². The largest absolute Gasteiger partial charge is 0.507 e. The van der Waals surface area contributed by atoms with Gasteiger partial charge in [0.2, 0.25) is 0 Å². The predicted octanol–water partition coefficient (Wildman–Crippen LogP) is 4.98. The Labute approximate surface area is 147 Å². The maximum atomic E-state index is 9.59. The minimum atomic E-state index is 0.238. The fourth-order valence-electron chi connectivity index (χ4n) is 2.52. The molecule has 2 heterocycles. The number of hydrogen-bond acceptors (Lipinski definition) is 3. The number of halogens is 2. The molecule has 2 aromatic rings. The lowest BCUT2D eigenvalue weighted by Crippen LogP contribution is -2.27. The SMILES string of the molecule is C=C(c1ccc(O)c(Br)c1)N1CCCc2ncccc21.CBr. The fraction of sp³-hybridized carbons (Fsp3) is 0.235. The number of aromatic hydroxyl groups is 1. The molecule has 0 unspecified atom stereocenters. The summed E-state index contributed by atoms with van der Waals surface area (Å²) >= 11 is 6.29. The zero-order valence-corrected chi connectivity index (χ0v) is 15.6. The van der Waals surface area contributed by atoms with Gasteiger partial charge in [-0.25, -0.2) is 0 Å². The van der Waals surface area contributed by atoms with E-state index in [4.69, 9.17) is 0 Å². The predicted molar refractivity (Wildman–Crippen MR) is 99.6 cm³/mol. The zero-order valence-electron chi connectivity index (χ0n) is 12.4. The van der Waals surface area contributed by atoms with E-state index in [0.29, 0.717) is 4.47 Å². The summed E-state index contributed by atoms with van der Waals surface area (Å²) in [4.78, 5) is 6.64. The van der Waals surface area contributed by atoms with Crippen molar-refractivity contribution in [3.8, 4) is 5.75 Å². The number of fused-ring (bicyclic) bond motifs is 1. The van der Waals surface area contributed by atoms with E-state index in [2.05, 4.69) is 54.4 Å². The van der Waals surface area contributed by atoms with Gasteiger partial charge in [0.15, 0.2) is 0 Å². The van der Waals surface area contributed by atoms with Crippen molar-refractivity contribution >= 4 is 43.2 Å². The van der Waals surface area contributed by atoms with Gasteiger partial charge in [0, 0.05) is 18.4 Å². The Morgan fingerprint density at radius 2 is 2.09 bits per heavy atom. The number of rotatable bonds is 2. The van der Waals surface area contributed by atoms with Crippen molar-refractivity contribution in [3.63, 3.8) is 0 Å². The molecule has 3 nitrogen and oxygen atoms in total. The lowest BCUT2D eigenvalue weighted by molar-refractivity contribution is 0.472. The normalized spacial score (nSPS) is 13.0. The Hall–Kier alpha value is -1.33. The number of hydrogen-bond donors (Lipinski definition) is 1. The second-order valence-corrected chi connectivity index (χ2v) is 5.69. The van der Waals surface area contributed by atoms with Crippen LogP contribution in [0.1, 0.15) is 17.7 Å². The molecular formula is C17H18Br2N2O. The topological polar surface area (TPSA) is 36.4 Å². The van der Waals surface area contributed by atoms with Crippen molar-refractivity contribution < 1.29 is 5.11 Å². The summed E-state index contributed by atoms with van der Waals surface area (Å²) in [7, 11) is 0. The quantitative estimate of drug-likeness (QED) is 0.689. The molecule has 22 heavy (non-hydrogen) atoms. The molecule has 1 aliphatic heterocycles. The minimum absolute atomic E-state index is 0.238. The molecule has 0 atom stereocenters. The minimum Gasteiger partial charge on any atom is -0.507 e. The third-order valence-electron chi connectivity index (χ3n) is 3.56. The molecule has 0 amide bonds. The number of benzene rings is 1. The lowest BCUT2D eigenvalue weighted by atomic mass is 10.0. The summed E-state index contributed by atoms with van der Waals surface area (Å²) in [5.41, 5.74) is 4.18. The molecule has 3 rings (SSSR count). The van der Waals surface area contributed by atoms with Crippen LogP contribution in [0, 0.1) is 0 Å². The first-order valence-electron chi connectivity index (χ1n) is 6.94. The first-order valence-corrected chi connectivity index (χ1v) is 9.32. The number of phenolic OH excluding ortho intramolecular Hbond substituents is 1. The van der Waals surface area contributed by atoms with Crippen molar-refractivity contribution in [3.05, 3.63) is 58.8 Å². The highest BCUT2D eigenvalue weighted by Gasteiger charge is 2.20. The highest BCUT2D eigenvalue weighted by atomic mass is 79.9. The molecular weight excluding hydrogens is 408 g/mol. The number of aryl methyl sites for hydroxylation is 1. The Kier molecular flexibility index (Phi) is 6.03. The molecule has 116 valence electrons. The van der Waals surface area contributed by atoms with Gasteiger partial charge in [-0.15, -0.1) is 0 Å². The third kappa shape index (κ3) is 3.52. The van der Waals surface area contributed by atoms with Gasteiger partial charge in [0.25, 0.3) is 0 Å². The fourth-order valence-corrected chi connectivity index (χ4v) is 2.89. The molecule has 0 fully saturated rings. The van der Waals surface area contributed by atoms with Gasteiger partial charge in [-0.05, 0) is 70.5 Å². The van der Waals surface area contributed by atoms with E-state index in [-0.39, 0.29) is 5.75 Å². The van der Waals surface area contributed by atoms with Crippen molar-refractivity contribution in [2.24, 2.45) is 0 Å². The Morgan fingerprint density at radius 3 is 2.82 bits per heavy atom. The average Bonchev–Trinajstić information content (AvgIpc) is 2.58. The molecule has 1 N–H and O–H groups in total. The highest BCUT2D eigenvalue weighted by Crippen LogP contribution is 2.34. The summed E-state index contributed by atoms with van der Waals surface area (Å²) < 4.78 is 0.680. The van der Waals surface area contributed by atoms with E-state index in [9.17, 15) is 5.11 Å². The third-order valence-corrected chi connectivity index (χ3v) is 4.19. The number of alkyl halides is 1. The van der Waals surface area contributed by atoms with Crippen LogP contribution in [0.2, 0.25) is 0 Å². The number of phenols is 1. The van der Waals surface area contributed by atoms with Crippen LogP contribution in [0.4, 0.5) is 5.69 Å². The number of pyridine rings is 1. The Balaban J connectivity index is 0.000000847. The molecule has 0 saturated carbocycles. The van der Waals surface area contributed by atoms with E-state index in [1.54, 1.807) is 6.07 Å². The van der Waals surface area contributed by atoms with E-state index in [0.717, 1.165) is 42.0 Å². The molecule has 0 aliphatic carbocycles. The van der Waals surface area contributed by atoms with Crippen LogP contribution < -0.4 is 4.90 Å². The molecule has 0 saturated heterocycles. The average molecular weight is 426 g/mol. The second kappa shape index (κ2) is 7.79. The van der Waals surface area contributed by atoms with Crippen molar-refractivity contribution in [2.75, 3.05) is 17.3 Å². The standard InChI is InChI=1S/C16H15BrN2O.CH3Br/c1-11(12-6-7-16(20)13(17)10-12)19-9-3-4-14-15(19)5-2-8-18-14;1-2/h2,5-8,10,20H,1,3-4,9H2;1H3. The summed E-state index contributed by atoms with van der Waals surface area (Å²) in [6.45, 7) is 5.15. The van der Waals surface area contributed by atoms with Gasteiger partial charge in [-0.2, -0.15) is 0 Å². The number of anilines is 1.